The van der Waals surface area contributed by atoms with Gasteiger partial charge in [-0.1, -0.05) is 6.08 Å². The summed E-state index contributed by atoms with van der Waals surface area (Å²) in [5.74, 6) is -2.51. The topological polar surface area (TPSA) is 115 Å². The maximum Gasteiger partial charge on any atom is 0.421 e. The lowest BCUT2D eigenvalue weighted by Gasteiger charge is -2.26. The number of ether oxygens (including phenoxy) is 3. The number of aromatic nitrogens is 1. The third-order valence-corrected chi connectivity index (χ3v) is 3.47. The van der Waals surface area contributed by atoms with Crippen LogP contribution in [0.2, 0.25) is 0 Å². The van der Waals surface area contributed by atoms with Crippen LogP contribution in [0, 0.1) is 0 Å². The van der Waals surface area contributed by atoms with Crippen molar-refractivity contribution in [3.63, 3.8) is 0 Å². The number of carbonyl (C=O) groups is 3. The van der Waals surface area contributed by atoms with Gasteiger partial charge < -0.3 is 19.3 Å². The molecule has 1 rings (SSSR count). The van der Waals surface area contributed by atoms with Gasteiger partial charge in [0.05, 0.1) is 12.3 Å². The normalized spacial score (nSPS) is 11.5. The number of amides is 1. The molecule has 192 valence electrons. The van der Waals surface area contributed by atoms with Crippen LogP contribution in [0.25, 0.3) is 0 Å². The van der Waals surface area contributed by atoms with Gasteiger partial charge in [0.25, 0.3) is 6.47 Å². The van der Waals surface area contributed by atoms with Gasteiger partial charge in [-0.05, 0) is 54.0 Å². The first-order valence-electron chi connectivity index (χ1n) is 10.0. The van der Waals surface area contributed by atoms with Crippen LogP contribution in [0.1, 0.15) is 64.0 Å². The molecule has 0 aliphatic heterocycles. The molecule has 1 aromatic rings. The van der Waals surface area contributed by atoms with Crippen molar-refractivity contribution < 1.29 is 46.9 Å². The Bertz CT molecular complexity index is 873. The molecular weight excluding hydrogens is 461 g/mol. The van der Waals surface area contributed by atoms with E-state index in [1.807, 2.05) is 20.8 Å². The Balaban J connectivity index is 0.00000135. The Hall–Kier alpha value is -3.31. The van der Waals surface area contributed by atoms with Gasteiger partial charge in [-0.25, -0.2) is 14.6 Å². The molecule has 9 nitrogen and oxygen atoms in total. The lowest BCUT2D eigenvalue weighted by atomic mass is 10.1. The molecule has 0 spiro atoms. The summed E-state index contributed by atoms with van der Waals surface area (Å²) in [6.07, 6.45) is -4.24. The quantitative estimate of drug-likeness (QED) is 0.318. The van der Waals surface area contributed by atoms with E-state index in [2.05, 4.69) is 16.3 Å². The highest BCUT2D eigenvalue weighted by atomic mass is 19.4. The van der Waals surface area contributed by atoms with Crippen molar-refractivity contribution in [2.75, 3.05) is 18.6 Å². The van der Waals surface area contributed by atoms with E-state index < -0.39 is 46.7 Å². The predicted octanol–water partition coefficient (Wildman–Crippen LogP) is 5.08. The number of rotatable bonds is 7. The second kappa shape index (κ2) is 12.2. The van der Waals surface area contributed by atoms with Gasteiger partial charge in [-0.3, -0.25) is 9.69 Å². The van der Waals surface area contributed by atoms with Gasteiger partial charge in [0.2, 0.25) is 5.88 Å². The second-order valence-corrected chi connectivity index (χ2v) is 8.80. The van der Waals surface area contributed by atoms with E-state index in [1.165, 1.54) is 6.08 Å². The Morgan fingerprint density at radius 3 is 2.06 bits per heavy atom. The number of carboxylic acid groups (broad SMARTS) is 1. The van der Waals surface area contributed by atoms with Crippen LogP contribution in [0.15, 0.2) is 18.7 Å². The molecule has 0 saturated heterocycles. The van der Waals surface area contributed by atoms with E-state index in [0.29, 0.717) is 17.4 Å². The average molecular weight is 492 g/mol. The Kier molecular flexibility index (Phi) is 11.0. The molecule has 1 amide bonds. The van der Waals surface area contributed by atoms with Crippen LogP contribution in [-0.4, -0.2) is 53.5 Å². The predicted molar refractivity (Wildman–Crippen MR) is 118 cm³/mol. The number of pyridine rings is 1. The third-order valence-electron chi connectivity index (χ3n) is 3.47. The van der Waals surface area contributed by atoms with Crippen LogP contribution in [0.3, 0.4) is 0 Å². The van der Waals surface area contributed by atoms with Crippen LogP contribution < -0.4 is 9.64 Å². The Labute approximate surface area is 196 Å². The summed E-state index contributed by atoms with van der Waals surface area (Å²) in [7, 11) is 1.09. The number of hydrogen-bond acceptors (Lipinski definition) is 7. The molecule has 0 saturated carbocycles. The molecule has 0 aliphatic rings. The zero-order valence-electron chi connectivity index (χ0n) is 20.3. The number of hydrogen-bond donors (Lipinski definition) is 1. The highest BCUT2D eigenvalue weighted by Gasteiger charge is 2.38. The summed E-state index contributed by atoms with van der Waals surface area (Å²) >= 11 is 0. The smallest absolute Gasteiger partial charge is 0.421 e. The first kappa shape index (κ1) is 30.7. The molecule has 0 bridgehead atoms. The van der Waals surface area contributed by atoms with Gasteiger partial charge in [0.1, 0.15) is 16.8 Å². The summed E-state index contributed by atoms with van der Waals surface area (Å²) < 4.78 is 54.7. The summed E-state index contributed by atoms with van der Waals surface area (Å²) in [5, 5.41) is 9.32. The minimum atomic E-state index is -4.88. The number of carboxylic acids is 1. The van der Waals surface area contributed by atoms with Crippen molar-refractivity contribution in [3.05, 3.63) is 30.0 Å². The molecule has 0 aliphatic carbocycles. The maximum absolute atomic E-state index is 13.4. The minimum Gasteiger partial charge on any atom is -0.477 e. The first-order chi connectivity index (χ1) is 15.3. The highest BCUT2D eigenvalue weighted by molar-refractivity contribution is 5.98. The molecule has 12 heteroatoms. The van der Waals surface area contributed by atoms with Crippen molar-refractivity contribution in [1.82, 2.24) is 4.98 Å². The second-order valence-electron chi connectivity index (χ2n) is 8.80. The van der Waals surface area contributed by atoms with Crippen molar-refractivity contribution >= 4 is 24.2 Å². The molecule has 1 aromatic heterocycles. The highest BCUT2D eigenvalue weighted by Crippen LogP contribution is 2.38. The van der Waals surface area contributed by atoms with Crippen molar-refractivity contribution in [2.45, 2.75) is 65.3 Å². The van der Waals surface area contributed by atoms with E-state index in [1.54, 1.807) is 20.8 Å². The summed E-state index contributed by atoms with van der Waals surface area (Å²) in [5.41, 5.74) is -3.89. The Morgan fingerprint density at radius 1 is 1.15 bits per heavy atom. The maximum atomic E-state index is 13.4. The van der Waals surface area contributed by atoms with Crippen LogP contribution in [0.5, 0.6) is 5.88 Å². The lowest BCUT2D eigenvalue weighted by Crippen LogP contribution is -2.35. The lowest BCUT2D eigenvalue weighted by molar-refractivity contribution is -0.140. The van der Waals surface area contributed by atoms with Crippen LogP contribution in [0.4, 0.5) is 23.7 Å². The molecule has 34 heavy (non-hydrogen) atoms. The number of halogens is 3. The standard InChI is InChI=1S/C17H21F3N2O5.C5H10O2/c1-6-7-8-26-13-10(17(18,19)20)9-11(12(21-13)14(23)24)22(5)15(25)27-16(2,3)4;1-5(2,3)7-4-6/h6,9H,1,7-8H2,2-5H3,(H,23,24);4H,1-3H3. The van der Waals surface area contributed by atoms with E-state index in [-0.39, 0.29) is 18.6 Å². The largest absolute Gasteiger partial charge is 0.477 e. The fourth-order valence-corrected chi connectivity index (χ4v) is 2.02. The first-order valence-corrected chi connectivity index (χ1v) is 10.0. The molecule has 0 aromatic carbocycles. The molecule has 0 radical (unpaired) electrons. The molecule has 0 unspecified atom stereocenters. The number of nitrogens with zero attached hydrogens (tertiary/aromatic N) is 2. The number of carbonyl (C=O) groups excluding carboxylic acids is 2. The number of alkyl halides is 3. The van der Waals surface area contributed by atoms with Gasteiger partial charge in [-0.2, -0.15) is 13.2 Å². The average Bonchev–Trinajstić information content (AvgIpc) is 2.64. The third kappa shape index (κ3) is 11.0. The van der Waals surface area contributed by atoms with Gasteiger partial charge in [0, 0.05) is 7.05 Å². The summed E-state index contributed by atoms with van der Waals surface area (Å²) in [6, 6.07) is 0.504. The molecule has 0 fully saturated rings. The van der Waals surface area contributed by atoms with Crippen molar-refractivity contribution in [2.24, 2.45) is 0 Å². The minimum absolute atomic E-state index is 0.167. The van der Waals surface area contributed by atoms with E-state index in [4.69, 9.17) is 9.47 Å². The SMILES string of the molecule is C=CCCOc1nc(C(=O)O)c(N(C)C(=O)OC(C)(C)C)cc1C(F)(F)F.CC(C)(C)OC=O. The Morgan fingerprint density at radius 2 is 1.71 bits per heavy atom. The molecule has 0 atom stereocenters. The summed E-state index contributed by atoms with van der Waals surface area (Å²) in [4.78, 5) is 37.4. The zero-order chi connectivity index (χ0) is 26.9. The van der Waals surface area contributed by atoms with E-state index in [9.17, 15) is 32.7 Å². The van der Waals surface area contributed by atoms with Crippen LogP contribution in [-0.2, 0) is 20.4 Å². The van der Waals surface area contributed by atoms with Crippen molar-refractivity contribution in [3.8, 4) is 5.88 Å². The van der Waals surface area contributed by atoms with E-state index in [0.717, 1.165) is 7.05 Å². The molecular formula is C22H31F3N2O7. The summed E-state index contributed by atoms with van der Waals surface area (Å²) in [6.45, 7) is 13.9. The van der Waals surface area contributed by atoms with E-state index >= 15 is 0 Å². The van der Waals surface area contributed by atoms with Gasteiger partial charge >= 0.3 is 18.2 Å². The monoisotopic (exact) mass is 492 g/mol. The fraction of sp³-hybridized carbons (Fsp3) is 0.545. The van der Waals surface area contributed by atoms with Gasteiger partial charge in [0.15, 0.2) is 5.69 Å². The van der Waals surface area contributed by atoms with Crippen LogP contribution >= 0.6 is 0 Å². The molecule has 1 heterocycles. The van der Waals surface area contributed by atoms with Gasteiger partial charge in [-0.15, -0.1) is 6.58 Å². The zero-order valence-corrected chi connectivity index (χ0v) is 20.3. The number of aromatic carboxylic acids is 1. The molecule has 1 N–H and O–H groups in total. The fourth-order valence-electron chi connectivity index (χ4n) is 2.02. The van der Waals surface area contributed by atoms with Crippen molar-refractivity contribution in [1.29, 1.82) is 0 Å². The number of anilines is 1.